The van der Waals surface area contributed by atoms with Crippen LogP contribution in [0, 0.1) is 10.1 Å². The highest BCUT2D eigenvalue weighted by Crippen LogP contribution is 2.33. The molecule has 126 valence electrons. The topological polar surface area (TPSA) is 106 Å². The smallest absolute Gasteiger partial charge is 0.353 e. The van der Waals surface area contributed by atoms with Crippen LogP contribution in [0.25, 0.3) is 0 Å². The van der Waals surface area contributed by atoms with Crippen molar-refractivity contribution in [3.8, 4) is 0 Å². The summed E-state index contributed by atoms with van der Waals surface area (Å²) in [5.74, 6) is 0.249. The Kier molecular flexibility index (Phi) is 5.14. The molecule has 0 bridgehead atoms. The highest BCUT2D eigenvalue weighted by atomic mass is 79.9. The van der Waals surface area contributed by atoms with Crippen LogP contribution >= 0.6 is 15.9 Å². The molecule has 0 saturated heterocycles. The Morgan fingerprint density at radius 3 is 2.64 bits per heavy atom. The molecule has 0 aliphatic heterocycles. The monoisotopic (exact) mass is 400 g/mol. The van der Waals surface area contributed by atoms with Crippen LogP contribution in [-0.4, -0.2) is 19.9 Å². The van der Waals surface area contributed by atoms with Crippen molar-refractivity contribution in [2.24, 2.45) is 0 Å². The molecule has 1 aromatic carbocycles. The number of pyridine rings is 1. The van der Waals surface area contributed by atoms with E-state index in [2.05, 4.69) is 41.5 Å². The van der Waals surface area contributed by atoms with Gasteiger partial charge in [0.05, 0.1) is 10.6 Å². The van der Waals surface area contributed by atoms with Gasteiger partial charge in [-0.15, -0.1) is 0 Å². The van der Waals surface area contributed by atoms with Crippen LogP contribution in [0.4, 0.5) is 23.0 Å². The van der Waals surface area contributed by atoms with Crippen LogP contribution < -0.4 is 10.6 Å². The van der Waals surface area contributed by atoms with E-state index in [0.717, 1.165) is 10.0 Å². The van der Waals surface area contributed by atoms with Crippen LogP contribution in [0.15, 0.2) is 59.6 Å². The summed E-state index contributed by atoms with van der Waals surface area (Å²) in [6.07, 6.45) is 4.62. The maximum Gasteiger partial charge on any atom is 0.353 e. The first-order chi connectivity index (χ1) is 12.1. The van der Waals surface area contributed by atoms with Gasteiger partial charge in [0.2, 0.25) is 11.6 Å². The zero-order chi connectivity index (χ0) is 17.6. The van der Waals surface area contributed by atoms with Gasteiger partial charge in [0.1, 0.15) is 6.33 Å². The molecule has 0 aliphatic rings. The molecule has 0 aliphatic carbocycles. The molecule has 0 unspecified atom stereocenters. The number of nitro groups is 1. The lowest BCUT2D eigenvalue weighted by Gasteiger charge is -2.11. The lowest BCUT2D eigenvalue weighted by atomic mass is 10.3. The lowest BCUT2D eigenvalue weighted by molar-refractivity contribution is -0.383. The Hall–Kier alpha value is -3.07. The van der Waals surface area contributed by atoms with Crippen molar-refractivity contribution in [3.05, 3.63) is 75.3 Å². The number of nitrogens with one attached hydrogen (secondary N) is 2. The maximum absolute atomic E-state index is 11.6. The number of anilines is 3. The minimum atomic E-state index is -0.509. The summed E-state index contributed by atoms with van der Waals surface area (Å²) >= 11 is 3.40. The van der Waals surface area contributed by atoms with Crippen LogP contribution in [0.2, 0.25) is 0 Å². The van der Waals surface area contributed by atoms with Gasteiger partial charge in [-0.1, -0.05) is 18.2 Å². The van der Waals surface area contributed by atoms with E-state index in [-0.39, 0.29) is 17.3 Å². The number of hydrogen-bond acceptors (Lipinski definition) is 7. The maximum atomic E-state index is 11.6. The third kappa shape index (κ3) is 4.07. The molecule has 3 rings (SSSR count). The van der Waals surface area contributed by atoms with Gasteiger partial charge >= 0.3 is 5.69 Å². The van der Waals surface area contributed by atoms with Gasteiger partial charge in [-0.3, -0.25) is 15.1 Å². The molecule has 0 radical (unpaired) electrons. The molecule has 2 N–H and O–H groups in total. The average molecular weight is 401 g/mol. The molecular weight excluding hydrogens is 388 g/mol. The van der Waals surface area contributed by atoms with Crippen LogP contribution in [-0.2, 0) is 6.54 Å². The number of para-hydroxylation sites is 1. The standard InChI is InChI=1S/C16H13BrN6O2/c17-12-5-1-2-6-13(12)22-16-14(23(24)25)15(20-10-21-16)19-9-11-4-3-7-18-8-11/h1-8,10H,9H2,(H2,19,20,21,22). The predicted octanol–water partition coefficient (Wildman–Crippen LogP) is 3.90. The van der Waals surface area contributed by atoms with Crippen LogP contribution in [0.1, 0.15) is 5.56 Å². The SMILES string of the molecule is O=[N+]([O-])c1c(NCc2cccnc2)ncnc1Nc1ccccc1Br. The molecule has 0 amide bonds. The molecule has 3 aromatic rings. The predicted molar refractivity (Wildman–Crippen MR) is 97.7 cm³/mol. The number of hydrogen-bond donors (Lipinski definition) is 2. The molecule has 0 atom stereocenters. The van der Waals surface area contributed by atoms with Crippen molar-refractivity contribution in [1.29, 1.82) is 0 Å². The highest BCUT2D eigenvalue weighted by Gasteiger charge is 2.23. The molecule has 2 aromatic heterocycles. The van der Waals surface area contributed by atoms with E-state index in [1.807, 2.05) is 24.3 Å². The first-order valence-electron chi connectivity index (χ1n) is 7.29. The van der Waals surface area contributed by atoms with Crippen molar-refractivity contribution in [2.75, 3.05) is 10.6 Å². The van der Waals surface area contributed by atoms with Crippen molar-refractivity contribution < 1.29 is 4.92 Å². The minimum Gasteiger partial charge on any atom is -0.360 e. The van der Waals surface area contributed by atoms with E-state index in [1.54, 1.807) is 24.5 Å². The summed E-state index contributed by atoms with van der Waals surface area (Å²) in [6, 6.07) is 11.0. The summed E-state index contributed by atoms with van der Waals surface area (Å²) in [5.41, 5.74) is 1.33. The Balaban J connectivity index is 1.89. The third-order valence-corrected chi connectivity index (χ3v) is 4.01. The van der Waals surface area contributed by atoms with E-state index in [0.29, 0.717) is 12.2 Å². The second-order valence-electron chi connectivity index (χ2n) is 5.00. The van der Waals surface area contributed by atoms with E-state index in [1.165, 1.54) is 6.33 Å². The second kappa shape index (κ2) is 7.67. The Labute approximate surface area is 151 Å². The average Bonchev–Trinajstić information content (AvgIpc) is 2.62. The third-order valence-electron chi connectivity index (χ3n) is 3.31. The fourth-order valence-corrected chi connectivity index (χ4v) is 2.54. The quantitative estimate of drug-likeness (QED) is 0.477. The van der Waals surface area contributed by atoms with Gasteiger partial charge < -0.3 is 10.6 Å². The minimum absolute atomic E-state index is 0.112. The molecule has 9 heteroatoms. The normalized spacial score (nSPS) is 10.3. The number of rotatable bonds is 6. The van der Waals surface area contributed by atoms with Gasteiger partial charge in [0.15, 0.2) is 0 Å². The summed E-state index contributed by atoms with van der Waals surface area (Å²) in [5, 5.41) is 17.5. The van der Waals surface area contributed by atoms with Gasteiger partial charge in [-0.2, -0.15) is 0 Å². The van der Waals surface area contributed by atoms with Gasteiger partial charge in [0.25, 0.3) is 0 Å². The van der Waals surface area contributed by atoms with Crippen LogP contribution in [0.5, 0.6) is 0 Å². The van der Waals surface area contributed by atoms with E-state index >= 15 is 0 Å². The number of aromatic nitrogens is 3. The molecular formula is C16H13BrN6O2. The van der Waals surface area contributed by atoms with E-state index in [4.69, 9.17) is 0 Å². The molecule has 0 spiro atoms. The molecule has 0 saturated carbocycles. The second-order valence-corrected chi connectivity index (χ2v) is 5.85. The van der Waals surface area contributed by atoms with E-state index in [9.17, 15) is 10.1 Å². The van der Waals surface area contributed by atoms with E-state index < -0.39 is 4.92 Å². The molecule has 25 heavy (non-hydrogen) atoms. The van der Waals surface area contributed by atoms with Crippen molar-refractivity contribution in [3.63, 3.8) is 0 Å². The van der Waals surface area contributed by atoms with Gasteiger partial charge in [-0.05, 0) is 39.7 Å². The summed E-state index contributed by atoms with van der Waals surface area (Å²) in [7, 11) is 0. The molecule has 2 heterocycles. The van der Waals surface area contributed by atoms with Crippen molar-refractivity contribution >= 4 is 38.9 Å². The van der Waals surface area contributed by atoms with Gasteiger partial charge in [0, 0.05) is 23.4 Å². The summed E-state index contributed by atoms with van der Waals surface area (Å²) in [4.78, 5) is 23.1. The Bertz CT molecular complexity index is 891. The van der Waals surface area contributed by atoms with Crippen molar-refractivity contribution in [1.82, 2.24) is 15.0 Å². The summed E-state index contributed by atoms with van der Waals surface area (Å²) < 4.78 is 0.771. The van der Waals surface area contributed by atoms with Crippen LogP contribution in [0.3, 0.4) is 0 Å². The molecule has 8 nitrogen and oxygen atoms in total. The Morgan fingerprint density at radius 2 is 1.92 bits per heavy atom. The first kappa shape index (κ1) is 16.8. The Morgan fingerprint density at radius 1 is 1.12 bits per heavy atom. The fraction of sp³-hybridized carbons (Fsp3) is 0.0625. The largest absolute Gasteiger partial charge is 0.360 e. The van der Waals surface area contributed by atoms with Gasteiger partial charge in [-0.25, -0.2) is 9.97 Å². The zero-order valence-corrected chi connectivity index (χ0v) is 14.5. The number of halogens is 1. The molecule has 0 fully saturated rings. The summed E-state index contributed by atoms with van der Waals surface area (Å²) in [6.45, 7) is 0.361. The van der Waals surface area contributed by atoms with Crippen molar-refractivity contribution in [2.45, 2.75) is 6.54 Å². The first-order valence-corrected chi connectivity index (χ1v) is 8.08. The lowest BCUT2D eigenvalue weighted by Crippen LogP contribution is -2.08. The zero-order valence-electron chi connectivity index (χ0n) is 12.9. The number of benzene rings is 1. The fourth-order valence-electron chi connectivity index (χ4n) is 2.15. The highest BCUT2D eigenvalue weighted by molar-refractivity contribution is 9.10. The number of nitrogens with zero attached hydrogens (tertiary/aromatic N) is 4.